The van der Waals surface area contributed by atoms with Gasteiger partial charge in [0.2, 0.25) is 10.0 Å². The van der Waals surface area contributed by atoms with Crippen molar-refractivity contribution >= 4 is 38.9 Å². The molecule has 4 rings (SSSR count). The first-order valence-electron chi connectivity index (χ1n) is 9.83. The number of nitrogens with zero attached hydrogens (tertiary/aromatic N) is 1. The number of thiophene rings is 1. The molecule has 0 radical (unpaired) electrons. The van der Waals surface area contributed by atoms with E-state index >= 15 is 0 Å². The van der Waals surface area contributed by atoms with E-state index in [0.29, 0.717) is 5.02 Å². The summed E-state index contributed by atoms with van der Waals surface area (Å²) in [4.78, 5) is 13.8. The number of morpholine rings is 1. The molecule has 6 nitrogen and oxygen atoms in total. The molecule has 32 heavy (non-hydrogen) atoms. The fourth-order valence-corrected chi connectivity index (χ4v) is 5.78. The third kappa shape index (κ3) is 4.87. The van der Waals surface area contributed by atoms with Gasteiger partial charge in [0.05, 0.1) is 29.7 Å². The molecule has 1 aromatic heterocycles. The third-order valence-electron chi connectivity index (χ3n) is 5.10. The number of hydrogen-bond acceptors (Lipinski definition) is 5. The van der Waals surface area contributed by atoms with Crippen molar-refractivity contribution in [2.75, 3.05) is 26.3 Å². The summed E-state index contributed by atoms with van der Waals surface area (Å²) in [5.74, 6) is -1.51. The molecule has 1 aliphatic heterocycles. The summed E-state index contributed by atoms with van der Waals surface area (Å²) in [6.07, 6.45) is 0. The van der Waals surface area contributed by atoms with Crippen molar-refractivity contribution in [2.45, 2.75) is 10.9 Å². The minimum absolute atomic E-state index is 0.134. The summed E-state index contributed by atoms with van der Waals surface area (Å²) < 4.78 is 47.0. The molecule has 0 saturated carbocycles. The Labute approximate surface area is 194 Å². The van der Waals surface area contributed by atoms with E-state index in [1.54, 1.807) is 24.3 Å². The lowest BCUT2D eigenvalue weighted by molar-refractivity contribution is 0.0730. The van der Waals surface area contributed by atoms with E-state index in [1.165, 1.54) is 21.7 Å². The molecule has 1 aliphatic rings. The average molecular weight is 495 g/mol. The first-order chi connectivity index (χ1) is 15.4. The van der Waals surface area contributed by atoms with Crippen LogP contribution < -0.4 is 5.32 Å². The van der Waals surface area contributed by atoms with Gasteiger partial charge in [-0.1, -0.05) is 29.8 Å². The lowest BCUT2D eigenvalue weighted by atomic mass is 10.0. The van der Waals surface area contributed by atoms with Crippen LogP contribution in [0.5, 0.6) is 0 Å². The van der Waals surface area contributed by atoms with Gasteiger partial charge < -0.3 is 10.1 Å². The van der Waals surface area contributed by atoms with Gasteiger partial charge in [0.15, 0.2) is 0 Å². The van der Waals surface area contributed by atoms with Gasteiger partial charge in [0, 0.05) is 23.0 Å². The number of ether oxygens (including phenoxy) is 1. The van der Waals surface area contributed by atoms with Gasteiger partial charge in [-0.2, -0.15) is 4.31 Å². The number of nitrogens with one attached hydrogen (secondary N) is 1. The second-order valence-corrected chi connectivity index (χ2v) is 10.5. The molecule has 10 heteroatoms. The van der Waals surface area contributed by atoms with Crippen LogP contribution in [0.2, 0.25) is 5.02 Å². The van der Waals surface area contributed by atoms with Gasteiger partial charge in [-0.25, -0.2) is 12.8 Å². The van der Waals surface area contributed by atoms with Crippen LogP contribution >= 0.6 is 22.9 Å². The number of hydrogen-bond donors (Lipinski definition) is 1. The lowest BCUT2D eigenvalue weighted by Gasteiger charge is -2.26. The minimum Gasteiger partial charge on any atom is -0.379 e. The number of benzene rings is 2. The van der Waals surface area contributed by atoms with Crippen LogP contribution in [0.25, 0.3) is 0 Å². The molecule has 1 atom stereocenters. The monoisotopic (exact) mass is 494 g/mol. The summed E-state index contributed by atoms with van der Waals surface area (Å²) in [6, 6.07) is 13.4. The number of rotatable bonds is 6. The van der Waals surface area contributed by atoms with Gasteiger partial charge in [0.25, 0.3) is 5.91 Å². The summed E-state index contributed by atoms with van der Waals surface area (Å²) in [5.41, 5.74) is 0.428. The molecular weight excluding hydrogens is 475 g/mol. The van der Waals surface area contributed by atoms with Crippen LogP contribution in [0, 0.1) is 5.82 Å². The fraction of sp³-hybridized carbons (Fsp3) is 0.227. The fourth-order valence-electron chi connectivity index (χ4n) is 3.41. The largest absolute Gasteiger partial charge is 0.379 e. The van der Waals surface area contributed by atoms with Crippen molar-refractivity contribution in [1.82, 2.24) is 9.62 Å². The topological polar surface area (TPSA) is 75.7 Å². The molecule has 0 aliphatic carbocycles. The molecule has 1 fully saturated rings. The van der Waals surface area contributed by atoms with E-state index in [2.05, 4.69) is 5.32 Å². The molecule has 1 saturated heterocycles. The number of amides is 1. The zero-order valence-corrected chi connectivity index (χ0v) is 19.2. The summed E-state index contributed by atoms with van der Waals surface area (Å²) in [6.45, 7) is 0.991. The Balaban J connectivity index is 1.64. The SMILES string of the molecule is O=C(NC(c1ccc(Cl)cc1)c1cccs1)c1cc(S(=O)(=O)N2CCOCC2)ccc1F. The van der Waals surface area contributed by atoms with Gasteiger partial charge in [0.1, 0.15) is 5.82 Å². The Kier molecular flexibility index (Phi) is 6.92. The zero-order chi connectivity index (χ0) is 22.7. The normalized spacial score (nSPS) is 15.9. The number of carbonyl (C=O) groups is 1. The first kappa shape index (κ1) is 22.9. The molecule has 3 aromatic rings. The zero-order valence-electron chi connectivity index (χ0n) is 16.8. The molecule has 1 amide bonds. The maximum absolute atomic E-state index is 14.6. The highest BCUT2D eigenvalue weighted by Gasteiger charge is 2.28. The van der Waals surface area contributed by atoms with E-state index in [1.807, 2.05) is 17.5 Å². The standard InChI is InChI=1S/C22H20ClFN2O4S2/c23-16-5-3-15(4-6-16)21(20-2-1-13-31-20)25-22(27)18-14-17(7-8-19(18)24)32(28,29)26-9-11-30-12-10-26/h1-8,13-14,21H,9-12H2,(H,25,27). The highest BCUT2D eigenvalue weighted by atomic mass is 35.5. The number of halogens is 2. The predicted octanol–water partition coefficient (Wildman–Crippen LogP) is 4.08. The van der Waals surface area contributed by atoms with Gasteiger partial charge in [-0.3, -0.25) is 4.79 Å². The van der Waals surface area contributed by atoms with Crippen molar-refractivity contribution in [2.24, 2.45) is 0 Å². The number of sulfonamides is 1. The van der Waals surface area contributed by atoms with Crippen LogP contribution in [0.3, 0.4) is 0 Å². The summed E-state index contributed by atoms with van der Waals surface area (Å²) >= 11 is 7.43. The van der Waals surface area contributed by atoms with Gasteiger partial charge in [-0.05, 0) is 47.3 Å². The maximum Gasteiger partial charge on any atom is 0.255 e. The lowest BCUT2D eigenvalue weighted by Crippen LogP contribution is -2.40. The quantitative estimate of drug-likeness (QED) is 0.560. The molecule has 168 valence electrons. The molecule has 1 unspecified atom stereocenters. The molecule has 2 heterocycles. The van der Waals surface area contributed by atoms with E-state index in [9.17, 15) is 17.6 Å². The van der Waals surface area contributed by atoms with E-state index in [-0.39, 0.29) is 36.8 Å². The third-order valence-corrected chi connectivity index (χ3v) is 8.18. The average Bonchev–Trinajstić information content (AvgIpc) is 3.33. The smallest absolute Gasteiger partial charge is 0.255 e. The molecular formula is C22H20ClFN2O4S2. The van der Waals surface area contributed by atoms with Crippen molar-refractivity contribution < 1.29 is 22.3 Å². The predicted molar refractivity (Wildman–Crippen MR) is 121 cm³/mol. The van der Waals surface area contributed by atoms with Crippen LogP contribution in [-0.2, 0) is 14.8 Å². The molecule has 0 bridgehead atoms. The second kappa shape index (κ2) is 9.68. The van der Waals surface area contributed by atoms with Crippen LogP contribution in [0.4, 0.5) is 4.39 Å². The molecule has 1 N–H and O–H groups in total. The molecule has 2 aromatic carbocycles. The number of carbonyl (C=O) groups excluding carboxylic acids is 1. The Morgan fingerprint density at radius 1 is 1.12 bits per heavy atom. The minimum atomic E-state index is -3.87. The van der Waals surface area contributed by atoms with Gasteiger partial charge >= 0.3 is 0 Å². The Morgan fingerprint density at radius 2 is 1.84 bits per heavy atom. The Morgan fingerprint density at radius 3 is 2.50 bits per heavy atom. The van der Waals surface area contributed by atoms with Crippen molar-refractivity contribution in [1.29, 1.82) is 0 Å². The second-order valence-electron chi connectivity index (χ2n) is 7.13. The Hall–Kier alpha value is -2.30. The van der Waals surface area contributed by atoms with E-state index in [0.717, 1.165) is 22.6 Å². The van der Waals surface area contributed by atoms with Crippen molar-refractivity contribution in [3.8, 4) is 0 Å². The summed E-state index contributed by atoms with van der Waals surface area (Å²) in [5, 5.41) is 5.26. The van der Waals surface area contributed by atoms with Crippen molar-refractivity contribution in [3.05, 3.63) is 86.8 Å². The van der Waals surface area contributed by atoms with Crippen LogP contribution in [0.15, 0.2) is 64.9 Å². The van der Waals surface area contributed by atoms with Crippen LogP contribution in [0.1, 0.15) is 26.8 Å². The highest BCUT2D eigenvalue weighted by Crippen LogP contribution is 2.28. The maximum atomic E-state index is 14.6. The van der Waals surface area contributed by atoms with E-state index < -0.39 is 27.8 Å². The van der Waals surface area contributed by atoms with E-state index in [4.69, 9.17) is 16.3 Å². The summed E-state index contributed by atoms with van der Waals surface area (Å²) in [7, 11) is -3.87. The van der Waals surface area contributed by atoms with Crippen molar-refractivity contribution in [3.63, 3.8) is 0 Å². The Bertz CT molecular complexity index is 1200. The highest BCUT2D eigenvalue weighted by molar-refractivity contribution is 7.89. The van der Waals surface area contributed by atoms with Crippen LogP contribution in [-0.4, -0.2) is 44.9 Å². The molecule has 0 spiro atoms. The van der Waals surface area contributed by atoms with Gasteiger partial charge in [-0.15, -0.1) is 11.3 Å². The first-order valence-corrected chi connectivity index (χ1v) is 12.5.